The van der Waals surface area contributed by atoms with E-state index >= 15 is 0 Å². The van der Waals surface area contributed by atoms with Crippen molar-refractivity contribution in [3.05, 3.63) is 22.2 Å². The molecule has 0 aromatic heterocycles. The van der Waals surface area contributed by atoms with Crippen LogP contribution < -0.4 is 15.9 Å². The van der Waals surface area contributed by atoms with Crippen LogP contribution in [0.1, 0.15) is 11.7 Å². The van der Waals surface area contributed by atoms with Crippen LogP contribution in [0, 0.1) is 0 Å². The van der Waals surface area contributed by atoms with Gasteiger partial charge in [0.1, 0.15) is 12.4 Å². The summed E-state index contributed by atoms with van der Waals surface area (Å²) in [5.41, 5.74) is 7.75. The summed E-state index contributed by atoms with van der Waals surface area (Å²) in [7, 11) is -0.335. The van der Waals surface area contributed by atoms with Crippen LogP contribution in [0.5, 0.6) is 5.75 Å². The molecule has 4 nitrogen and oxygen atoms in total. The molecular weight excluding hydrogens is 273 g/mol. The summed E-state index contributed by atoms with van der Waals surface area (Å²) in [6, 6.07) is 3.90. The van der Waals surface area contributed by atoms with Gasteiger partial charge in [0.15, 0.2) is 0 Å². The van der Waals surface area contributed by atoms with Gasteiger partial charge >= 0.3 is 7.12 Å². The van der Waals surface area contributed by atoms with Gasteiger partial charge in [-0.05, 0) is 17.7 Å². The van der Waals surface area contributed by atoms with Crippen molar-refractivity contribution in [3.63, 3.8) is 0 Å². The van der Waals surface area contributed by atoms with Gasteiger partial charge < -0.3 is 19.8 Å². The molecule has 2 heterocycles. The predicted molar refractivity (Wildman–Crippen MR) is 63.9 cm³/mol. The molecule has 3 rings (SSSR count). The molecule has 2 aliphatic heterocycles. The fraction of sp³-hybridized carbons (Fsp3) is 0.400. The summed E-state index contributed by atoms with van der Waals surface area (Å²) in [5, 5.41) is 0. The average Bonchev–Trinajstić information content (AvgIpc) is 2.55. The Morgan fingerprint density at radius 1 is 1.44 bits per heavy atom. The molecule has 1 unspecified atom stereocenters. The highest BCUT2D eigenvalue weighted by atomic mass is 79.9. The van der Waals surface area contributed by atoms with Crippen LogP contribution in [-0.4, -0.2) is 26.9 Å². The van der Waals surface area contributed by atoms with Crippen LogP contribution in [0.2, 0.25) is 0 Å². The second-order valence-corrected chi connectivity index (χ2v) is 4.64. The van der Waals surface area contributed by atoms with Crippen LogP contribution in [-0.2, 0) is 9.31 Å². The number of halogens is 1. The SMILES string of the molecule is NCC1OB2OCCOc3ccc(Br)c1c32. The maximum absolute atomic E-state index is 5.77. The molecule has 84 valence electrons. The fourth-order valence-electron chi connectivity index (χ4n) is 2.17. The first-order valence-electron chi connectivity index (χ1n) is 5.23. The highest BCUT2D eigenvalue weighted by molar-refractivity contribution is 9.10. The van der Waals surface area contributed by atoms with Gasteiger partial charge in [-0.15, -0.1) is 0 Å². The molecule has 0 spiro atoms. The standard InChI is InChI=1S/C10H11BBrNO3/c12-6-1-2-7-10-9(6)8(5-13)16-11(10)15-4-3-14-7/h1-2,8H,3-5,13H2. The Balaban J connectivity index is 2.17. The lowest BCUT2D eigenvalue weighted by molar-refractivity contribution is 0.147. The number of rotatable bonds is 1. The van der Waals surface area contributed by atoms with Crippen LogP contribution in [0.3, 0.4) is 0 Å². The van der Waals surface area contributed by atoms with Gasteiger partial charge in [-0.25, -0.2) is 0 Å². The van der Waals surface area contributed by atoms with Crippen molar-refractivity contribution < 1.29 is 14.0 Å². The van der Waals surface area contributed by atoms with E-state index in [1.807, 2.05) is 12.1 Å². The first kappa shape index (κ1) is 10.6. The Morgan fingerprint density at radius 3 is 3.12 bits per heavy atom. The smallest absolute Gasteiger partial charge is 0.492 e. The van der Waals surface area contributed by atoms with Crippen LogP contribution >= 0.6 is 15.9 Å². The molecule has 0 saturated carbocycles. The van der Waals surface area contributed by atoms with Crippen molar-refractivity contribution in [3.8, 4) is 5.75 Å². The first-order chi connectivity index (χ1) is 7.81. The summed E-state index contributed by atoms with van der Waals surface area (Å²) in [5.74, 6) is 0.844. The summed E-state index contributed by atoms with van der Waals surface area (Å²) in [4.78, 5) is 0. The van der Waals surface area contributed by atoms with E-state index in [-0.39, 0.29) is 13.2 Å². The zero-order valence-electron chi connectivity index (χ0n) is 8.61. The van der Waals surface area contributed by atoms with Gasteiger partial charge in [-0.2, -0.15) is 0 Å². The molecule has 1 atom stereocenters. The van der Waals surface area contributed by atoms with Gasteiger partial charge in [-0.1, -0.05) is 15.9 Å². The minimum Gasteiger partial charge on any atom is -0.492 e. The molecule has 6 heteroatoms. The fourth-order valence-corrected chi connectivity index (χ4v) is 2.78. The van der Waals surface area contributed by atoms with Gasteiger partial charge in [0.2, 0.25) is 0 Å². The molecule has 0 fully saturated rings. The highest BCUT2D eigenvalue weighted by Crippen LogP contribution is 2.34. The third-order valence-corrected chi connectivity index (χ3v) is 3.56. The normalized spacial score (nSPS) is 22.6. The maximum atomic E-state index is 5.77. The molecule has 1 aromatic rings. The Labute approximate surface area is 102 Å². The Kier molecular flexibility index (Phi) is 2.67. The molecule has 2 aliphatic rings. The number of hydrogen-bond acceptors (Lipinski definition) is 4. The quantitative estimate of drug-likeness (QED) is 0.767. The van der Waals surface area contributed by atoms with Crippen molar-refractivity contribution in [2.45, 2.75) is 6.10 Å². The number of ether oxygens (including phenoxy) is 1. The van der Waals surface area contributed by atoms with Gasteiger partial charge in [0, 0.05) is 16.5 Å². The zero-order chi connectivity index (χ0) is 11.1. The van der Waals surface area contributed by atoms with Crippen molar-refractivity contribution >= 4 is 28.5 Å². The molecule has 0 bridgehead atoms. The number of nitrogens with two attached hydrogens (primary N) is 1. The van der Waals surface area contributed by atoms with Crippen molar-refractivity contribution in [1.29, 1.82) is 0 Å². The lowest BCUT2D eigenvalue weighted by Crippen LogP contribution is -2.31. The monoisotopic (exact) mass is 283 g/mol. The van der Waals surface area contributed by atoms with Crippen LogP contribution in [0.4, 0.5) is 0 Å². The third-order valence-electron chi connectivity index (χ3n) is 2.86. The molecule has 1 aromatic carbocycles. The second-order valence-electron chi connectivity index (χ2n) is 3.78. The van der Waals surface area contributed by atoms with E-state index in [2.05, 4.69) is 15.9 Å². The zero-order valence-corrected chi connectivity index (χ0v) is 10.2. The summed E-state index contributed by atoms with van der Waals surface area (Å²) in [6.07, 6.45) is -0.115. The molecule has 0 radical (unpaired) electrons. The molecule has 16 heavy (non-hydrogen) atoms. The largest absolute Gasteiger partial charge is 0.498 e. The van der Waals surface area contributed by atoms with Gasteiger partial charge in [-0.3, -0.25) is 0 Å². The summed E-state index contributed by atoms with van der Waals surface area (Å²) in [6.45, 7) is 1.53. The summed E-state index contributed by atoms with van der Waals surface area (Å²) < 4.78 is 18.0. The van der Waals surface area contributed by atoms with E-state index in [1.54, 1.807) is 0 Å². The molecule has 2 N–H and O–H groups in total. The lowest BCUT2D eigenvalue weighted by atomic mass is 9.78. The van der Waals surface area contributed by atoms with Crippen molar-refractivity contribution in [2.24, 2.45) is 5.73 Å². The van der Waals surface area contributed by atoms with E-state index in [1.165, 1.54) is 0 Å². The van der Waals surface area contributed by atoms with E-state index in [4.69, 9.17) is 19.8 Å². The van der Waals surface area contributed by atoms with E-state index in [9.17, 15) is 0 Å². The Morgan fingerprint density at radius 2 is 2.31 bits per heavy atom. The van der Waals surface area contributed by atoms with Crippen LogP contribution in [0.15, 0.2) is 16.6 Å². The maximum Gasteiger partial charge on any atom is 0.498 e. The van der Waals surface area contributed by atoms with Crippen molar-refractivity contribution in [1.82, 2.24) is 0 Å². The Bertz CT molecular complexity index is 429. The Hall–Kier alpha value is -0.555. The third kappa shape index (κ3) is 1.49. The predicted octanol–water partition coefficient (Wildman–Crippen LogP) is 0.583. The lowest BCUT2D eigenvalue weighted by Gasteiger charge is -2.13. The highest BCUT2D eigenvalue weighted by Gasteiger charge is 2.42. The van der Waals surface area contributed by atoms with Gasteiger partial charge in [0.25, 0.3) is 0 Å². The minimum atomic E-state index is -0.335. The molecule has 0 aliphatic carbocycles. The van der Waals surface area contributed by atoms with Crippen molar-refractivity contribution in [2.75, 3.05) is 19.8 Å². The molecular formula is C10H11BBrNO3. The first-order valence-corrected chi connectivity index (χ1v) is 6.03. The van der Waals surface area contributed by atoms with Crippen LogP contribution in [0.25, 0.3) is 0 Å². The average molecular weight is 284 g/mol. The van der Waals surface area contributed by atoms with E-state index in [0.29, 0.717) is 19.8 Å². The summed E-state index contributed by atoms with van der Waals surface area (Å²) >= 11 is 3.52. The topological polar surface area (TPSA) is 53.7 Å². The van der Waals surface area contributed by atoms with E-state index < -0.39 is 0 Å². The second kappa shape index (κ2) is 4.03. The van der Waals surface area contributed by atoms with E-state index in [0.717, 1.165) is 21.2 Å². The number of benzene rings is 1. The molecule has 0 amide bonds. The molecule has 0 saturated heterocycles. The van der Waals surface area contributed by atoms with Gasteiger partial charge in [0.05, 0.1) is 12.7 Å². The number of hydrogen-bond donors (Lipinski definition) is 1. The minimum absolute atomic E-state index is 0.115.